The van der Waals surface area contributed by atoms with E-state index in [0.29, 0.717) is 18.7 Å². The van der Waals surface area contributed by atoms with Crippen molar-refractivity contribution in [2.24, 2.45) is 0 Å². The number of rotatable bonds is 3. The Morgan fingerprint density at radius 3 is 2.72 bits per heavy atom. The van der Waals surface area contributed by atoms with E-state index in [0.717, 1.165) is 5.69 Å². The first-order chi connectivity index (χ1) is 8.26. The molecule has 6 nitrogen and oxygen atoms in total. The average molecular weight is 272 g/mol. The van der Waals surface area contributed by atoms with E-state index in [1.54, 1.807) is 0 Å². The summed E-state index contributed by atoms with van der Waals surface area (Å²) in [7, 11) is -2.82. The Labute approximate surface area is 108 Å². The molecule has 1 aliphatic rings. The van der Waals surface area contributed by atoms with E-state index in [1.807, 2.05) is 10.9 Å². The highest BCUT2D eigenvalue weighted by atomic mass is 32.2. The maximum atomic E-state index is 11.3. The second-order valence-corrected chi connectivity index (χ2v) is 8.03. The Bertz CT molecular complexity index is 515. The molecule has 0 aliphatic carbocycles. The fourth-order valence-corrected chi connectivity index (χ4v) is 3.62. The Kier molecular flexibility index (Phi) is 3.46. The van der Waals surface area contributed by atoms with Crippen LogP contribution in [-0.4, -0.2) is 41.0 Å². The predicted octanol–water partition coefficient (Wildman–Crippen LogP) is 0.310. The van der Waals surface area contributed by atoms with Gasteiger partial charge in [-0.25, -0.2) is 13.1 Å². The summed E-state index contributed by atoms with van der Waals surface area (Å²) in [5.41, 5.74) is 0.760. The third-order valence-corrected chi connectivity index (χ3v) is 4.80. The monoisotopic (exact) mass is 272 g/mol. The van der Waals surface area contributed by atoms with Gasteiger partial charge in [0.1, 0.15) is 0 Å². The lowest BCUT2D eigenvalue weighted by atomic mass is 10.1. The van der Waals surface area contributed by atoms with Crippen molar-refractivity contribution in [3.8, 4) is 0 Å². The summed E-state index contributed by atoms with van der Waals surface area (Å²) >= 11 is 0. The van der Waals surface area contributed by atoms with Gasteiger partial charge in [0, 0.05) is 12.6 Å². The maximum absolute atomic E-state index is 11.3. The second kappa shape index (κ2) is 4.62. The zero-order valence-corrected chi connectivity index (χ0v) is 11.9. The summed E-state index contributed by atoms with van der Waals surface area (Å²) in [6.07, 6.45) is 2.59. The van der Waals surface area contributed by atoms with Crippen LogP contribution in [-0.2, 0) is 21.9 Å². The summed E-state index contributed by atoms with van der Waals surface area (Å²) in [5, 5.41) is 11.4. The molecule has 0 aromatic carbocycles. The third kappa shape index (κ3) is 3.29. The van der Waals surface area contributed by atoms with E-state index < -0.39 is 9.84 Å². The molecule has 1 atom stereocenters. The van der Waals surface area contributed by atoms with Crippen LogP contribution in [0.4, 0.5) is 0 Å². The number of aromatic nitrogens is 3. The maximum Gasteiger partial charge on any atom is 0.151 e. The predicted molar refractivity (Wildman–Crippen MR) is 68.9 cm³/mol. The van der Waals surface area contributed by atoms with E-state index in [1.165, 1.54) is 0 Å². The highest BCUT2D eigenvalue weighted by molar-refractivity contribution is 7.91. The van der Waals surface area contributed by atoms with Crippen LogP contribution in [0.1, 0.15) is 32.9 Å². The molecule has 1 unspecified atom stereocenters. The summed E-state index contributed by atoms with van der Waals surface area (Å²) in [4.78, 5) is 0. The second-order valence-electron chi connectivity index (χ2n) is 5.81. The summed E-state index contributed by atoms with van der Waals surface area (Å²) in [6, 6.07) is 0.0507. The van der Waals surface area contributed by atoms with Gasteiger partial charge in [0.15, 0.2) is 9.84 Å². The minimum Gasteiger partial charge on any atom is -0.307 e. The van der Waals surface area contributed by atoms with Crippen molar-refractivity contribution < 1.29 is 8.42 Å². The number of nitrogens with one attached hydrogen (secondary N) is 1. The molecular formula is C11H20N4O2S. The number of hydrogen-bond acceptors (Lipinski definition) is 5. The zero-order valence-electron chi connectivity index (χ0n) is 11.0. The quantitative estimate of drug-likeness (QED) is 0.857. The first kappa shape index (κ1) is 13.5. The van der Waals surface area contributed by atoms with E-state index >= 15 is 0 Å². The van der Waals surface area contributed by atoms with Gasteiger partial charge in [-0.15, -0.1) is 5.10 Å². The lowest BCUT2D eigenvalue weighted by molar-refractivity contribution is 0.347. The van der Waals surface area contributed by atoms with Gasteiger partial charge >= 0.3 is 0 Å². The van der Waals surface area contributed by atoms with Crippen molar-refractivity contribution in [3.05, 3.63) is 11.9 Å². The third-order valence-electron chi connectivity index (χ3n) is 3.03. The fourth-order valence-electron chi connectivity index (χ4n) is 1.91. The summed E-state index contributed by atoms with van der Waals surface area (Å²) in [6.45, 7) is 6.74. The molecule has 0 spiro atoms. The Balaban J connectivity index is 1.90. The lowest BCUT2D eigenvalue weighted by Gasteiger charge is -2.17. The van der Waals surface area contributed by atoms with Crippen molar-refractivity contribution >= 4 is 9.84 Å². The minimum atomic E-state index is -2.82. The van der Waals surface area contributed by atoms with Gasteiger partial charge in [0.05, 0.1) is 28.9 Å². The van der Waals surface area contributed by atoms with Crippen LogP contribution in [0.2, 0.25) is 0 Å². The first-order valence-electron chi connectivity index (χ1n) is 6.12. The summed E-state index contributed by atoms with van der Waals surface area (Å²) in [5.74, 6) is 0.528. The molecule has 18 heavy (non-hydrogen) atoms. The van der Waals surface area contributed by atoms with Crippen LogP contribution >= 0.6 is 0 Å². The Hall–Kier alpha value is -0.950. The molecule has 0 bridgehead atoms. The van der Waals surface area contributed by atoms with E-state index in [4.69, 9.17) is 0 Å². The lowest BCUT2D eigenvalue weighted by Crippen LogP contribution is -2.29. The summed E-state index contributed by atoms with van der Waals surface area (Å²) < 4.78 is 24.4. The molecule has 2 heterocycles. The van der Waals surface area contributed by atoms with E-state index in [-0.39, 0.29) is 17.3 Å². The van der Waals surface area contributed by atoms with Gasteiger partial charge in [0.2, 0.25) is 0 Å². The van der Waals surface area contributed by atoms with Gasteiger partial charge in [-0.2, -0.15) is 0 Å². The minimum absolute atomic E-state index is 0.0507. The highest BCUT2D eigenvalue weighted by Crippen LogP contribution is 2.13. The van der Waals surface area contributed by atoms with Crippen molar-refractivity contribution in [1.82, 2.24) is 20.3 Å². The topological polar surface area (TPSA) is 76.9 Å². The largest absolute Gasteiger partial charge is 0.307 e. The van der Waals surface area contributed by atoms with Crippen molar-refractivity contribution in [2.45, 2.75) is 45.3 Å². The molecule has 0 amide bonds. The van der Waals surface area contributed by atoms with Crippen LogP contribution in [0, 0.1) is 0 Å². The molecule has 7 heteroatoms. The molecule has 1 fully saturated rings. The van der Waals surface area contributed by atoms with E-state index in [2.05, 4.69) is 36.4 Å². The zero-order chi connectivity index (χ0) is 13.4. The number of nitrogens with zero attached hydrogens (tertiary/aromatic N) is 3. The van der Waals surface area contributed by atoms with Crippen LogP contribution in [0.3, 0.4) is 0 Å². The Morgan fingerprint density at radius 1 is 1.50 bits per heavy atom. The van der Waals surface area contributed by atoms with Crippen LogP contribution in [0.25, 0.3) is 0 Å². The fraction of sp³-hybridized carbons (Fsp3) is 0.818. The van der Waals surface area contributed by atoms with Crippen molar-refractivity contribution in [1.29, 1.82) is 0 Å². The average Bonchev–Trinajstić information content (AvgIpc) is 2.80. The van der Waals surface area contributed by atoms with Gasteiger partial charge in [-0.3, -0.25) is 0 Å². The molecule has 1 aromatic heterocycles. The van der Waals surface area contributed by atoms with Gasteiger partial charge < -0.3 is 5.32 Å². The molecule has 1 N–H and O–H groups in total. The van der Waals surface area contributed by atoms with Crippen LogP contribution < -0.4 is 5.32 Å². The molecule has 0 saturated carbocycles. The first-order valence-corrected chi connectivity index (χ1v) is 7.94. The molecule has 1 aliphatic heterocycles. The van der Waals surface area contributed by atoms with Gasteiger partial charge in [0.25, 0.3) is 0 Å². The van der Waals surface area contributed by atoms with Crippen LogP contribution in [0.15, 0.2) is 6.20 Å². The molecule has 1 aromatic rings. The normalized spacial score (nSPS) is 23.4. The van der Waals surface area contributed by atoms with Crippen molar-refractivity contribution in [2.75, 3.05) is 11.5 Å². The number of sulfone groups is 1. The molecular weight excluding hydrogens is 252 g/mol. The van der Waals surface area contributed by atoms with Gasteiger partial charge in [-0.05, 0) is 27.2 Å². The van der Waals surface area contributed by atoms with E-state index in [9.17, 15) is 8.42 Å². The van der Waals surface area contributed by atoms with Crippen molar-refractivity contribution in [3.63, 3.8) is 0 Å². The SMILES string of the molecule is CC(C)(C)n1cc(CNC2CCS(=O)(=O)C2)nn1. The smallest absolute Gasteiger partial charge is 0.151 e. The Morgan fingerprint density at radius 2 is 2.22 bits per heavy atom. The number of hydrogen-bond donors (Lipinski definition) is 1. The molecule has 102 valence electrons. The molecule has 2 rings (SSSR count). The highest BCUT2D eigenvalue weighted by Gasteiger charge is 2.27. The molecule has 1 saturated heterocycles. The standard InChI is InChI=1S/C11H20N4O2S/c1-11(2,3)15-7-10(13-14-15)6-12-9-4-5-18(16,17)8-9/h7,9,12H,4-6,8H2,1-3H3. The van der Waals surface area contributed by atoms with Gasteiger partial charge in [-0.1, -0.05) is 5.21 Å². The molecule has 0 radical (unpaired) electrons. The van der Waals surface area contributed by atoms with Crippen LogP contribution in [0.5, 0.6) is 0 Å².